The first-order valence-electron chi connectivity index (χ1n) is 46.3. The first-order chi connectivity index (χ1) is 60.1. The molecule has 584 valence electrons. The molecule has 3 aromatic heterocycles. The molecule has 119 heavy (non-hydrogen) atoms. The zero-order valence-electron chi connectivity index (χ0n) is 79.7. The highest BCUT2D eigenvalue weighted by Gasteiger charge is 2.47. The van der Waals surface area contributed by atoms with Crippen molar-refractivity contribution in [2.24, 2.45) is 0 Å². The van der Waals surface area contributed by atoms with Crippen LogP contribution in [0.4, 0.5) is 34.1 Å². The summed E-state index contributed by atoms with van der Waals surface area (Å²) in [5.41, 5.74) is 25.6. The van der Waals surface area contributed by atoms with Crippen LogP contribution in [0.1, 0.15) is 169 Å². The Bertz CT molecular complexity index is 7670. The van der Waals surface area contributed by atoms with E-state index in [1.165, 1.54) is 27.8 Å². The van der Waals surface area contributed by atoms with Crippen molar-refractivity contribution < 1.29 is 11.0 Å². The van der Waals surface area contributed by atoms with Gasteiger partial charge >= 0.3 is 0 Å². The van der Waals surface area contributed by atoms with E-state index in [1.807, 2.05) is 6.07 Å². The molecule has 2 aliphatic rings. The lowest BCUT2D eigenvalue weighted by molar-refractivity contribution is 0.568. The van der Waals surface area contributed by atoms with Crippen molar-refractivity contribution in [2.45, 2.75) is 157 Å². The summed E-state index contributed by atoms with van der Waals surface area (Å²) < 4.78 is 81.8. The summed E-state index contributed by atoms with van der Waals surface area (Å²) in [6.07, 6.45) is 0. The molecule has 20 rings (SSSR count). The predicted molar refractivity (Wildman–Crippen MR) is 516 cm³/mol. The zero-order valence-corrected chi connectivity index (χ0v) is 71.7. The van der Waals surface area contributed by atoms with Crippen LogP contribution in [0.25, 0.3) is 132 Å². The highest BCUT2D eigenvalue weighted by Crippen LogP contribution is 2.56. The van der Waals surface area contributed by atoms with E-state index >= 15 is 0 Å². The molecule has 0 aliphatic carbocycles. The molecule has 4 nitrogen and oxygen atoms in total. The van der Waals surface area contributed by atoms with Crippen LogP contribution in [0.2, 0.25) is 0 Å². The number of rotatable bonds is 7. The fraction of sp³-hybridized carbons (Fsp3) is 0.211. The molecule has 0 spiro atoms. The molecule has 0 unspecified atom stereocenters. The molecule has 2 aliphatic heterocycles. The Labute approximate surface area is 714 Å². The van der Waals surface area contributed by atoms with Crippen LogP contribution in [0.15, 0.2) is 309 Å². The number of fused-ring (bicyclic) bond motifs is 17. The summed E-state index contributed by atoms with van der Waals surface area (Å²) in [5, 5.41) is 8.82. The van der Waals surface area contributed by atoms with Gasteiger partial charge in [-0.2, -0.15) is 0 Å². The van der Waals surface area contributed by atoms with Crippen LogP contribution >= 0.6 is 0 Å². The fourth-order valence-corrected chi connectivity index (χ4v) is 19.0. The lowest BCUT2D eigenvalue weighted by Gasteiger charge is -2.46. The first kappa shape index (κ1) is 66.6. The third-order valence-electron chi connectivity index (χ3n) is 25.6. The maximum absolute atomic E-state index is 10.1. The number of para-hydroxylation sites is 4. The average molecular weight is 1550 g/mol. The second kappa shape index (κ2) is 27.1. The molecule has 0 atom stereocenters. The molecule has 0 saturated heterocycles. The lowest BCUT2D eigenvalue weighted by Crippen LogP contribution is -2.61. The number of benzene rings is 15. The van der Waals surface area contributed by atoms with Crippen molar-refractivity contribution >= 4 is 139 Å². The van der Waals surface area contributed by atoms with Crippen LogP contribution < -0.4 is 26.2 Å². The van der Waals surface area contributed by atoms with Gasteiger partial charge in [-0.3, -0.25) is 0 Å². The van der Waals surface area contributed by atoms with Crippen molar-refractivity contribution in [1.29, 1.82) is 0 Å². The van der Waals surface area contributed by atoms with Gasteiger partial charge in [0, 0.05) is 77.4 Å². The minimum atomic E-state index is -0.608. The topological polar surface area (TPSA) is 15.8 Å². The van der Waals surface area contributed by atoms with Crippen LogP contribution in [0.5, 0.6) is 0 Å². The van der Waals surface area contributed by atoms with Crippen molar-refractivity contribution in [1.82, 2.24) is 8.97 Å². The van der Waals surface area contributed by atoms with Gasteiger partial charge in [0.15, 0.2) is 0 Å². The molecule has 5 heterocycles. The monoisotopic (exact) mass is 1550 g/mol. The molecule has 0 amide bonds. The van der Waals surface area contributed by atoms with Gasteiger partial charge in [0.05, 0.1) is 49.9 Å². The predicted octanol–water partition coefficient (Wildman–Crippen LogP) is 29.9. The van der Waals surface area contributed by atoms with Gasteiger partial charge in [-0.15, -0.1) is 0 Å². The first-order valence-corrected chi connectivity index (χ1v) is 42.3. The highest BCUT2D eigenvalue weighted by molar-refractivity contribution is 7.00. The van der Waals surface area contributed by atoms with Gasteiger partial charge in [0.1, 0.15) is 0 Å². The normalized spacial score (nSPS) is 14.4. The average Bonchev–Trinajstić information content (AvgIpc) is 1.32. The SMILES string of the molecule is [2H]c1c([2H])c([2H])c2c(c1[2H])c1c([2H])c([2H])c([2H])c([2H])c1n2-c1ccc2c(c1)N(c1c(-c3ccccc3)cc(C(C)(C)C)cc1-c1cc(C(C)(C)C)cc(C(C)(C)C)c1)c1cc(-c3ccccc3)cc3c1B2c1cc2c4ccccc4c4ccccc4c4cccc5c6ccccc6n(c2cc1N3c1ccc(C(C)(C)C)cc1-c1cc(C(C)(C)C)cc(C(C)(C)C)c1)c45. The van der Waals surface area contributed by atoms with E-state index in [0.29, 0.717) is 5.69 Å². The van der Waals surface area contributed by atoms with Gasteiger partial charge in [-0.05, 0) is 204 Å². The van der Waals surface area contributed by atoms with Gasteiger partial charge in [0.2, 0.25) is 0 Å². The van der Waals surface area contributed by atoms with Crippen molar-refractivity contribution in [3.63, 3.8) is 0 Å². The van der Waals surface area contributed by atoms with Crippen LogP contribution in [0, 0.1) is 0 Å². The molecule has 0 bridgehead atoms. The molecule has 0 radical (unpaired) electrons. The number of anilines is 6. The summed E-state index contributed by atoms with van der Waals surface area (Å²) in [6.45, 7) is 41.0. The number of hydrogen-bond donors (Lipinski definition) is 0. The Morgan fingerprint density at radius 3 is 1.23 bits per heavy atom. The largest absolute Gasteiger partial charge is 0.311 e. The van der Waals surface area contributed by atoms with E-state index in [2.05, 4.69) is 394 Å². The summed E-state index contributed by atoms with van der Waals surface area (Å²) in [4.78, 5) is 5.17. The summed E-state index contributed by atoms with van der Waals surface area (Å²) in [7, 11) is 0. The summed E-state index contributed by atoms with van der Waals surface area (Å²) in [5.74, 6) is 0. The quantitative estimate of drug-likeness (QED) is 0.148. The highest BCUT2D eigenvalue weighted by atomic mass is 15.2. The van der Waals surface area contributed by atoms with Crippen molar-refractivity contribution in [2.75, 3.05) is 9.80 Å². The van der Waals surface area contributed by atoms with Gasteiger partial charge in [0.25, 0.3) is 6.71 Å². The lowest BCUT2D eigenvalue weighted by atomic mass is 9.33. The second-order valence-electron chi connectivity index (χ2n) is 39.6. The third kappa shape index (κ3) is 12.4. The van der Waals surface area contributed by atoms with E-state index in [9.17, 15) is 11.0 Å². The summed E-state index contributed by atoms with van der Waals surface area (Å²) in [6, 6.07) is 94.7. The standard InChI is InChI=1S/C114H105BN4/c1-109(2,3)75-52-55-100(91(64-75)73-56-76(110(4,5)6)62-77(57-73)111(7,8)9)117-103-69-101-94(85-43-28-26-41-83(85)82-40-25-27-42-84(82)89-47-35-48-90-88-46-31-34-51-99(88)118(101)107(89)90)68-96(103)115-95-54-53-81(116-97-49-32-29-44-86(97)87-45-30-33-50-98(87)116)67-102(95)119(105-61-72(60-104(117)106(105)115)70-36-21-19-22-37-70)108-92(71-38-23-20-24-39-71)65-80(114(16,17)18)66-93(108)74-58-78(112(10,11)12)63-79(59-74)113(13,14)15/h19-69H,1-18H3/i29D,30D,32D,33D,44D,45D,49D,50D. The Kier molecular flexibility index (Phi) is 15.1. The van der Waals surface area contributed by atoms with Crippen molar-refractivity contribution in [3.8, 4) is 50.2 Å². The van der Waals surface area contributed by atoms with Crippen LogP contribution in [-0.4, -0.2) is 15.7 Å². The van der Waals surface area contributed by atoms with Gasteiger partial charge < -0.3 is 18.8 Å². The van der Waals surface area contributed by atoms with Crippen LogP contribution in [-0.2, 0) is 32.5 Å². The van der Waals surface area contributed by atoms with Crippen molar-refractivity contribution in [3.05, 3.63) is 343 Å². The van der Waals surface area contributed by atoms with Gasteiger partial charge in [-0.25, -0.2) is 0 Å². The Hall–Kier alpha value is -12.4. The van der Waals surface area contributed by atoms with E-state index in [4.69, 9.17) is 0 Å². The Morgan fingerprint density at radius 1 is 0.252 bits per heavy atom. The Morgan fingerprint density at radius 2 is 0.681 bits per heavy atom. The number of hydrogen-bond acceptors (Lipinski definition) is 2. The minimum absolute atomic E-state index is 0.00593. The minimum Gasteiger partial charge on any atom is -0.311 e. The van der Waals surface area contributed by atoms with E-state index in [-0.39, 0.29) is 61.0 Å². The number of aromatic nitrogens is 2. The van der Waals surface area contributed by atoms with Crippen LogP contribution in [0.3, 0.4) is 0 Å². The number of nitrogens with zero attached hydrogens (tertiary/aromatic N) is 4. The third-order valence-corrected chi connectivity index (χ3v) is 25.6. The molecule has 0 saturated carbocycles. The second-order valence-corrected chi connectivity index (χ2v) is 39.6. The Balaban J connectivity index is 1.06. The summed E-state index contributed by atoms with van der Waals surface area (Å²) >= 11 is 0. The zero-order chi connectivity index (χ0) is 89.4. The molecule has 18 aromatic rings. The molecule has 0 fully saturated rings. The molecular formula is C114H105BN4. The molecule has 15 aromatic carbocycles. The van der Waals surface area contributed by atoms with Gasteiger partial charge in [-0.1, -0.05) is 361 Å². The molecule has 5 heteroatoms. The maximum atomic E-state index is 10.1. The molecular weight excluding hydrogens is 1440 g/mol. The maximum Gasteiger partial charge on any atom is 0.252 e. The smallest absolute Gasteiger partial charge is 0.252 e. The van der Waals surface area contributed by atoms with E-state index < -0.39 is 48.4 Å². The fourth-order valence-electron chi connectivity index (χ4n) is 19.0. The van der Waals surface area contributed by atoms with E-state index in [1.54, 1.807) is 4.57 Å². The van der Waals surface area contributed by atoms with E-state index in [0.717, 1.165) is 160 Å². The molecule has 0 N–H and O–H groups in total.